The van der Waals surface area contributed by atoms with Gasteiger partial charge in [0.25, 0.3) is 0 Å². The van der Waals surface area contributed by atoms with Gasteiger partial charge in [-0.05, 0) is 19.9 Å². The lowest BCUT2D eigenvalue weighted by atomic mass is 10.0. The first-order chi connectivity index (χ1) is 8.99. The van der Waals surface area contributed by atoms with Gasteiger partial charge in [-0.15, -0.1) is 11.8 Å². The molecular formula is C14H16N2O2S. The number of hydrogen-bond donors (Lipinski definition) is 3. The highest BCUT2D eigenvalue weighted by Gasteiger charge is 2.46. The molecule has 1 fully saturated rings. The Labute approximate surface area is 115 Å². The van der Waals surface area contributed by atoms with Gasteiger partial charge >= 0.3 is 5.97 Å². The van der Waals surface area contributed by atoms with E-state index in [1.54, 1.807) is 11.8 Å². The fourth-order valence-electron chi connectivity index (χ4n) is 2.59. The molecule has 2 atom stereocenters. The number of carboxylic acids is 1. The SMILES string of the molecule is CC1(C)SC(c2c[nH]c3ccccc23)NC1C(=O)O. The molecule has 1 aliphatic heterocycles. The first-order valence-electron chi connectivity index (χ1n) is 6.22. The van der Waals surface area contributed by atoms with Gasteiger partial charge in [0, 0.05) is 27.4 Å². The maximum absolute atomic E-state index is 11.3. The lowest BCUT2D eigenvalue weighted by molar-refractivity contribution is -0.139. The predicted octanol–water partition coefficient (Wildman–Crippen LogP) is 2.73. The van der Waals surface area contributed by atoms with Gasteiger partial charge in [0.15, 0.2) is 0 Å². The molecule has 1 saturated heterocycles. The third-order valence-corrected chi connectivity index (χ3v) is 5.05. The number of carbonyl (C=O) groups is 1. The number of benzene rings is 1. The maximum atomic E-state index is 11.3. The van der Waals surface area contributed by atoms with Crippen LogP contribution < -0.4 is 5.32 Å². The Morgan fingerprint density at radius 2 is 2.11 bits per heavy atom. The average Bonchev–Trinajstić information content (AvgIpc) is 2.89. The highest BCUT2D eigenvalue weighted by Crippen LogP contribution is 2.47. The first kappa shape index (κ1) is 12.6. The predicted molar refractivity (Wildman–Crippen MR) is 77.3 cm³/mol. The van der Waals surface area contributed by atoms with Crippen LogP contribution in [0, 0.1) is 0 Å². The second-order valence-corrected chi connectivity index (χ2v) is 7.09. The summed E-state index contributed by atoms with van der Waals surface area (Å²) in [5, 5.41) is 13.7. The van der Waals surface area contributed by atoms with Gasteiger partial charge in [-0.2, -0.15) is 0 Å². The van der Waals surface area contributed by atoms with E-state index in [1.807, 2.05) is 38.2 Å². The van der Waals surface area contributed by atoms with Gasteiger partial charge in [0.1, 0.15) is 6.04 Å². The molecule has 19 heavy (non-hydrogen) atoms. The summed E-state index contributed by atoms with van der Waals surface area (Å²) in [7, 11) is 0. The largest absolute Gasteiger partial charge is 0.480 e. The fraction of sp³-hybridized carbons (Fsp3) is 0.357. The van der Waals surface area contributed by atoms with Gasteiger partial charge in [-0.25, -0.2) is 0 Å². The topological polar surface area (TPSA) is 65.1 Å². The summed E-state index contributed by atoms with van der Waals surface area (Å²) in [5.74, 6) is -0.792. The molecule has 0 amide bonds. The summed E-state index contributed by atoms with van der Waals surface area (Å²) in [4.78, 5) is 14.5. The Morgan fingerprint density at radius 3 is 2.79 bits per heavy atom. The molecule has 4 nitrogen and oxygen atoms in total. The molecule has 100 valence electrons. The van der Waals surface area contributed by atoms with Crippen molar-refractivity contribution in [3.8, 4) is 0 Å². The summed E-state index contributed by atoms with van der Waals surface area (Å²) < 4.78 is -0.325. The van der Waals surface area contributed by atoms with E-state index in [0.29, 0.717) is 0 Å². The van der Waals surface area contributed by atoms with Gasteiger partial charge in [-0.3, -0.25) is 10.1 Å². The van der Waals surface area contributed by atoms with Crippen LogP contribution in [0.3, 0.4) is 0 Å². The van der Waals surface area contributed by atoms with Crippen LogP contribution >= 0.6 is 11.8 Å². The molecule has 2 aromatic rings. The zero-order chi connectivity index (χ0) is 13.6. The Balaban J connectivity index is 1.98. The van der Waals surface area contributed by atoms with E-state index < -0.39 is 12.0 Å². The smallest absolute Gasteiger partial charge is 0.322 e. The molecule has 0 saturated carbocycles. The number of hydrogen-bond acceptors (Lipinski definition) is 3. The van der Waals surface area contributed by atoms with Crippen molar-refractivity contribution in [2.75, 3.05) is 0 Å². The zero-order valence-corrected chi connectivity index (χ0v) is 11.6. The van der Waals surface area contributed by atoms with Crippen LogP contribution in [0.1, 0.15) is 24.8 Å². The van der Waals surface area contributed by atoms with E-state index in [2.05, 4.69) is 16.4 Å². The molecule has 5 heteroatoms. The van der Waals surface area contributed by atoms with Crippen LogP contribution in [-0.4, -0.2) is 26.8 Å². The molecule has 2 heterocycles. The minimum Gasteiger partial charge on any atom is -0.480 e. The average molecular weight is 276 g/mol. The van der Waals surface area contributed by atoms with Gasteiger partial charge in [-0.1, -0.05) is 18.2 Å². The van der Waals surface area contributed by atoms with Gasteiger partial charge in [0.05, 0.1) is 5.37 Å². The summed E-state index contributed by atoms with van der Waals surface area (Å²) in [6.07, 6.45) is 1.97. The lowest BCUT2D eigenvalue weighted by Gasteiger charge is -2.20. The van der Waals surface area contributed by atoms with E-state index in [0.717, 1.165) is 16.5 Å². The van der Waals surface area contributed by atoms with Crippen LogP contribution in [0.15, 0.2) is 30.5 Å². The molecule has 0 bridgehead atoms. The summed E-state index contributed by atoms with van der Waals surface area (Å²) in [6, 6.07) is 7.54. The monoisotopic (exact) mass is 276 g/mol. The van der Waals surface area contributed by atoms with E-state index in [9.17, 15) is 9.90 Å². The van der Waals surface area contributed by atoms with Crippen molar-refractivity contribution in [2.45, 2.75) is 30.0 Å². The van der Waals surface area contributed by atoms with Crippen LogP contribution in [0.2, 0.25) is 0 Å². The number of nitrogens with one attached hydrogen (secondary N) is 2. The van der Waals surface area contributed by atoms with Crippen molar-refractivity contribution >= 4 is 28.6 Å². The molecule has 0 spiro atoms. The van der Waals surface area contributed by atoms with Crippen molar-refractivity contribution < 1.29 is 9.90 Å². The van der Waals surface area contributed by atoms with Crippen LogP contribution in [0.5, 0.6) is 0 Å². The number of H-pyrrole nitrogens is 1. The number of para-hydroxylation sites is 1. The number of aromatic amines is 1. The highest BCUT2D eigenvalue weighted by atomic mass is 32.2. The highest BCUT2D eigenvalue weighted by molar-refractivity contribution is 8.01. The molecule has 3 N–H and O–H groups in total. The third kappa shape index (κ3) is 2.03. The standard InChI is InChI=1S/C14H16N2O2S/c1-14(2)11(13(17)18)16-12(19-14)9-7-15-10-6-4-3-5-8(9)10/h3-7,11-12,15-16H,1-2H3,(H,17,18). The normalized spacial score (nSPS) is 25.8. The van der Waals surface area contributed by atoms with Crippen molar-refractivity contribution in [2.24, 2.45) is 0 Å². The van der Waals surface area contributed by atoms with E-state index in [1.165, 1.54) is 0 Å². The van der Waals surface area contributed by atoms with Crippen LogP contribution in [0.25, 0.3) is 10.9 Å². The molecular weight excluding hydrogens is 260 g/mol. The number of rotatable bonds is 2. The number of carboxylic acid groups (broad SMARTS) is 1. The molecule has 0 radical (unpaired) electrons. The number of thioether (sulfide) groups is 1. The van der Waals surface area contributed by atoms with E-state index >= 15 is 0 Å². The number of fused-ring (bicyclic) bond motifs is 1. The Morgan fingerprint density at radius 1 is 1.37 bits per heavy atom. The molecule has 1 aromatic carbocycles. The number of aromatic nitrogens is 1. The second kappa shape index (κ2) is 4.28. The van der Waals surface area contributed by atoms with Gasteiger partial charge in [0.2, 0.25) is 0 Å². The fourth-order valence-corrected chi connectivity index (χ4v) is 4.03. The zero-order valence-electron chi connectivity index (χ0n) is 10.8. The van der Waals surface area contributed by atoms with Crippen molar-refractivity contribution in [3.63, 3.8) is 0 Å². The molecule has 1 aromatic heterocycles. The molecule has 0 aliphatic carbocycles. The van der Waals surface area contributed by atoms with Crippen molar-refractivity contribution in [1.82, 2.24) is 10.3 Å². The third-order valence-electron chi connectivity index (χ3n) is 3.59. The Kier molecular flexibility index (Phi) is 2.83. The summed E-state index contributed by atoms with van der Waals surface area (Å²) in [5.41, 5.74) is 2.20. The van der Waals surface area contributed by atoms with Crippen molar-refractivity contribution in [1.29, 1.82) is 0 Å². The summed E-state index contributed by atoms with van der Waals surface area (Å²) in [6.45, 7) is 3.94. The Bertz CT molecular complexity index is 635. The molecule has 1 aliphatic rings. The van der Waals surface area contributed by atoms with Crippen molar-refractivity contribution in [3.05, 3.63) is 36.0 Å². The first-order valence-corrected chi connectivity index (χ1v) is 7.10. The summed E-state index contributed by atoms with van der Waals surface area (Å²) >= 11 is 1.66. The minimum absolute atomic E-state index is 0.00671. The lowest BCUT2D eigenvalue weighted by Crippen LogP contribution is -2.43. The molecule has 2 unspecified atom stereocenters. The van der Waals surface area contributed by atoms with Crippen LogP contribution in [0.4, 0.5) is 0 Å². The van der Waals surface area contributed by atoms with Crippen LogP contribution in [-0.2, 0) is 4.79 Å². The second-order valence-electron chi connectivity index (χ2n) is 5.33. The Hall–Kier alpha value is -1.46. The number of aliphatic carboxylic acids is 1. The maximum Gasteiger partial charge on any atom is 0.322 e. The van der Waals surface area contributed by atoms with E-state index in [-0.39, 0.29) is 10.1 Å². The van der Waals surface area contributed by atoms with E-state index in [4.69, 9.17) is 0 Å². The molecule has 3 rings (SSSR count). The van der Waals surface area contributed by atoms with Gasteiger partial charge < -0.3 is 10.1 Å². The minimum atomic E-state index is -0.792. The quantitative estimate of drug-likeness (QED) is 0.789.